The molecule has 0 saturated carbocycles. The van der Waals surface area contributed by atoms with Gasteiger partial charge in [-0.15, -0.1) is 0 Å². The van der Waals surface area contributed by atoms with Gasteiger partial charge in [0, 0.05) is 6.42 Å². The average molecular weight is 194 g/mol. The van der Waals surface area contributed by atoms with Gasteiger partial charge in [-0.05, 0) is 18.6 Å². The molecule has 0 radical (unpaired) electrons. The van der Waals surface area contributed by atoms with Gasteiger partial charge in [0.2, 0.25) is 0 Å². The summed E-state index contributed by atoms with van der Waals surface area (Å²) in [6.07, 6.45) is 1.31. The molecule has 0 N–H and O–H groups in total. The SMILES string of the molecule is CCCC(=O)Oc1ccccc1.[AlH3]. The number of esters is 1. The van der Waals surface area contributed by atoms with E-state index >= 15 is 0 Å². The quantitative estimate of drug-likeness (QED) is 0.410. The largest absolute Gasteiger partial charge is 0.427 e. The molecule has 0 aliphatic heterocycles. The van der Waals surface area contributed by atoms with Crippen LogP contribution in [0, 0.1) is 0 Å². The number of rotatable bonds is 3. The molecule has 70 valence electrons. The maximum atomic E-state index is 11.0. The van der Waals surface area contributed by atoms with E-state index in [4.69, 9.17) is 4.74 Å². The summed E-state index contributed by atoms with van der Waals surface area (Å²) in [6, 6.07) is 9.11. The van der Waals surface area contributed by atoms with Gasteiger partial charge in [0.05, 0.1) is 0 Å². The number of carbonyl (C=O) groups excluding carboxylic acids is 1. The smallest absolute Gasteiger partial charge is 0.311 e. The molecule has 0 fully saturated rings. The zero-order chi connectivity index (χ0) is 8.81. The first-order chi connectivity index (χ1) is 5.83. The van der Waals surface area contributed by atoms with Crippen molar-refractivity contribution in [1.82, 2.24) is 0 Å². The van der Waals surface area contributed by atoms with Crippen LogP contribution in [0.25, 0.3) is 0 Å². The van der Waals surface area contributed by atoms with E-state index < -0.39 is 0 Å². The van der Waals surface area contributed by atoms with Crippen LogP contribution in [0.15, 0.2) is 30.3 Å². The molecule has 0 unspecified atom stereocenters. The van der Waals surface area contributed by atoms with Crippen molar-refractivity contribution in [2.45, 2.75) is 19.8 Å². The summed E-state index contributed by atoms with van der Waals surface area (Å²) in [5, 5.41) is 0. The topological polar surface area (TPSA) is 26.3 Å². The average Bonchev–Trinajstić information content (AvgIpc) is 2.06. The molecule has 0 bridgehead atoms. The van der Waals surface area contributed by atoms with Crippen LogP contribution < -0.4 is 4.74 Å². The van der Waals surface area contributed by atoms with Gasteiger partial charge in [-0.1, -0.05) is 25.1 Å². The minimum atomic E-state index is -0.163. The van der Waals surface area contributed by atoms with Crippen molar-refractivity contribution in [1.29, 1.82) is 0 Å². The van der Waals surface area contributed by atoms with Gasteiger partial charge in [-0.3, -0.25) is 4.79 Å². The van der Waals surface area contributed by atoms with Crippen LogP contribution in [0.1, 0.15) is 19.8 Å². The van der Waals surface area contributed by atoms with Crippen molar-refractivity contribution < 1.29 is 9.53 Å². The predicted octanol–water partition coefficient (Wildman–Crippen LogP) is 1.21. The third-order valence-corrected chi connectivity index (χ3v) is 1.43. The van der Waals surface area contributed by atoms with Crippen LogP contribution in [-0.2, 0) is 4.79 Å². The van der Waals surface area contributed by atoms with Gasteiger partial charge in [0.1, 0.15) is 5.75 Å². The van der Waals surface area contributed by atoms with Crippen molar-refractivity contribution in [3.8, 4) is 5.75 Å². The Morgan fingerprint density at radius 3 is 2.46 bits per heavy atom. The normalized spacial score (nSPS) is 8.69. The van der Waals surface area contributed by atoms with Crippen LogP contribution in [0.2, 0.25) is 0 Å². The first kappa shape index (κ1) is 12.2. The van der Waals surface area contributed by atoms with E-state index in [0.29, 0.717) is 12.2 Å². The zero-order valence-electron chi connectivity index (χ0n) is 7.12. The summed E-state index contributed by atoms with van der Waals surface area (Å²) in [4.78, 5) is 11.0. The van der Waals surface area contributed by atoms with Crippen molar-refractivity contribution in [2.24, 2.45) is 0 Å². The van der Waals surface area contributed by atoms with Gasteiger partial charge in [-0.25, -0.2) is 0 Å². The lowest BCUT2D eigenvalue weighted by atomic mass is 10.3. The van der Waals surface area contributed by atoms with Gasteiger partial charge in [0.25, 0.3) is 0 Å². The Morgan fingerprint density at radius 2 is 1.92 bits per heavy atom. The van der Waals surface area contributed by atoms with Gasteiger partial charge >= 0.3 is 5.97 Å². The highest BCUT2D eigenvalue weighted by Gasteiger charge is 2.00. The second-order valence-electron chi connectivity index (χ2n) is 2.54. The summed E-state index contributed by atoms with van der Waals surface area (Å²) < 4.78 is 5.02. The van der Waals surface area contributed by atoms with Gasteiger partial charge in [0.15, 0.2) is 17.4 Å². The van der Waals surface area contributed by atoms with Crippen LogP contribution in [0.4, 0.5) is 0 Å². The highest BCUT2D eigenvalue weighted by atomic mass is 27.0. The van der Waals surface area contributed by atoms with E-state index in [1.165, 1.54) is 0 Å². The maximum absolute atomic E-state index is 11.0. The first-order valence-electron chi connectivity index (χ1n) is 4.08. The summed E-state index contributed by atoms with van der Waals surface area (Å²) in [5.41, 5.74) is 0. The van der Waals surface area contributed by atoms with E-state index in [0.717, 1.165) is 6.42 Å². The van der Waals surface area contributed by atoms with Crippen molar-refractivity contribution >= 4 is 23.3 Å². The Morgan fingerprint density at radius 1 is 1.31 bits per heavy atom. The van der Waals surface area contributed by atoms with Crippen molar-refractivity contribution in [3.63, 3.8) is 0 Å². The molecule has 0 saturated heterocycles. The molecular formula is C10H15AlO2. The maximum Gasteiger partial charge on any atom is 0.311 e. The molecule has 0 atom stereocenters. The van der Waals surface area contributed by atoms with E-state index in [1.807, 2.05) is 25.1 Å². The highest BCUT2D eigenvalue weighted by Crippen LogP contribution is 2.09. The lowest BCUT2D eigenvalue weighted by Crippen LogP contribution is -2.06. The molecule has 1 aromatic rings. The number of benzene rings is 1. The second kappa shape index (κ2) is 6.71. The van der Waals surface area contributed by atoms with E-state index in [2.05, 4.69) is 0 Å². The number of hydrogen-bond donors (Lipinski definition) is 0. The Hall–Kier alpha value is -0.778. The second-order valence-corrected chi connectivity index (χ2v) is 2.54. The zero-order valence-corrected chi connectivity index (χ0v) is 7.12. The monoisotopic (exact) mass is 194 g/mol. The summed E-state index contributed by atoms with van der Waals surface area (Å²) in [7, 11) is 0. The third-order valence-electron chi connectivity index (χ3n) is 1.43. The highest BCUT2D eigenvalue weighted by molar-refractivity contribution is 5.75. The van der Waals surface area contributed by atoms with E-state index in [-0.39, 0.29) is 23.3 Å². The molecule has 0 aliphatic carbocycles. The van der Waals surface area contributed by atoms with Crippen LogP contribution in [0.3, 0.4) is 0 Å². The number of para-hydroxylation sites is 1. The lowest BCUT2D eigenvalue weighted by molar-refractivity contribution is -0.134. The fourth-order valence-electron chi connectivity index (χ4n) is 0.875. The Balaban J connectivity index is 0.00000144. The van der Waals surface area contributed by atoms with E-state index in [1.54, 1.807) is 12.1 Å². The fourth-order valence-corrected chi connectivity index (χ4v) is 0.875. The molecule has 2 nitrogen and oxygen atoms in total. The molecule has 13 heavy (non-hydrogen) atoms. The molecule has 1 rings (SSSR count). The van der Waals surface area contributed by atoms with Crippen LogP contribution >= 0.6 is 0 Å². The predicted molar refractivity (Wildman–Crippen MR) is 56.9 cm³/mol. The standard InChI is InChI=1S/C10H12O2.Al.3H/c1-2-6-10(11)12-9-7-4-3-5-8-9;;;;/h3-5,7-8H,2,6H2,1H3;;;;. The minimum Gasteiger partial charge on any atom is -0.427 e. The molecule has 0 amide bonds. The first-order valence-corrected chi connectivity index (χ1v) is 4.08. The van der Waals surface area contributed by atoms with Crippen molar-refractivity contribution in [2.75, 3.05) is 0 Å². The minimum absolute atomic E-state index is 0. The molecule has 1 aromatic carbocycles. The summed E-state index contributed by atoms with van der Waals surface area (Å²) >= 11 is 0. The molecule has 0 heterocycles. The molecule has 3 heteroatoms. The third kappa shape index (κ3) is 4.72. The molecule has 0 aromatic heterocycles. The Kier molecular flexibility index (Phi) is 6.31. The molecule has 0 spiro atoms. The lowest BCUT2D eigenvalue weighted by Gasteiger charge is -2.01. The number of ether oxygens (including phenoxy) is 1. The summed E-state index contributed by atoms with van der Waals surface area (Å²) in [5.74, 6) is 0.458. The molecular weight excluding hydrogens is 179 g/mol. The fraction of sp³-hybridized carbons (Fsp3) is 0.300. The Labute approximate surface area is 89.0 Å². The van der Waals surface area contributed by atoms with Gasteiger partial charge in [-0.2, -0.15) is 0 Å². The Bertz CT molecular complexity index is 246. The van der Waals surface area contributed by atoms with Gasteiger partial charge < -0.3 is 4.74 Å². The van der Waals surface area contributed by atoms with Crippen molar-refractivity contribution in [3.05, 3.63) is 30.3 Å². The molecule has 0 aliphatic rings. The number of hydrogen-bond acceptors (Lipinski definition) is 2. The summed E-state index contributed by atoms with van der Waals surface area (Å²) in [6.45, 7) is 1.95. The van der Waals surface area contributed by atoms with Crippen LogP contribution in [-0.4, -0.2) is 23.3 Å². The van der Waals surface area contributed by atoms with Crippen LogP contribution in [0.5, 0.6) is 5.75 Å². The number of carbonyl (C=O) groups is 1. The van der Waals surface area contributed by atoms with E-state index in [9.17, 15) is 4.79 Å².